The van der Waals surface area contributed by atoms with Gasteiger partial charge in [0.15, 0.2) is 0 Å². The van der Waals surface area contributed by atoms with Gasteiger partial charge in [0, 0.05) is 12.5 Å². The number of aliphatic carboxylic acids is 1. The zero-order valence-electron chi connectivity index (χ0n) is 11.7. The molecule has 0 radical (unpaired) electrons. The van der Waals surface area contributed by atoms with E-state index < -0.39 is 12.0 Å². The summed E-state index contributed by atoms with van der Waals surface area (Å²) in [6, 6.07) is -0.607. The summed E-state index contributed by atoms with van der Waals surface area (Å²) in [6.45, 7) is 6.74. The summed E-state index contributed by atoms with van der Waals surface area (Å²) in [5.74, 6) is -0.579. The van der Waals surface area contributed by atoms with Crippen molar-refractivity contribution in [1.82, 2.24) is 4.90 Å². The van der Waals surface area contributed by atoms with E-state index in [4.69, 9.17) is 0 Å². The Morgan fingerprint density at radius 1 is 1.33 bits per heavy atom. The summed E-state index contributed by atoms with van der Waals surface area (Å²) in [7, 11) is 0. The normalized spacial score (nSPS) is 22.0. The van der Waals surface area contributed by atoms with Crippen molar-refractivity contribution in [3.8, 4) is 0 Å². The summed E-state index contributed by atoms with van der Waals surface area (Å²) in [4.78, 5) is 25.3. The van der Waals surface area contributed by atoms with Gasteiger partial charge in [0.2, 0.25) is 5.91 Å². The summed E-state index contributed by atoms with van der Waals surface area (Å²) in [6.07, 6.45) is 4.23. The van der Waals surface area contributed by atoms with Crippen molar-refractivity contribution in [2.75, 3.05) is 6.54 Å². The largest absolute Gasteiger partial charge is 0.480 e. The predicted molar refractivity (Wildman–Crippen MR) is 70.2 cm³/mol. The number of carboxylic acids is 1. The Labute approximate surface area is 109 Å². The molecule has 0 aromatic rings. The van der Waals surface area contributed by atoms with Crippen molar-refractivity contribution >= 4 is 11.9 Å². The maximum atomic E-state index is 12.5. The second-order valence-electron chi connectivity index (χ2n) is 5.52. The van der Waals surface area contributed by atoms with E-state index in [1.54, 1.807) is 4.90 Å². The van der Waals surface area contributed by atoms with Crippen LogP contribution in [0.25, 0.3) is 0 Å². The molecule has 0 aromatic carbocycles. The lowest BCUT2D eigenvalue weighted by Gasteiger charge is -2.36. The van der Waals surface area contributed by atoms with E-state index in [-0.39, 0.29) is 17.7 Å². The molecular formula is C14H25NO3. The SMILES string of the molecule is CCCC(C(=O)N1CCCC[C@@H]1C(=O)O)C(C)C. The van der Waals surface area contributed by atoms with Crippen LogP contribution in [0.1, 0.15) is 52.9 Å². The standard InChI is InChI=1S/C14H25NO3/c1-4-7-11(10(2)3)13(16)15-9-6-5-8-12(15)14(17)18/h10-12H,4-9H2,1-3H3,(H,17,18)/t11?,12-/m1/s1. The minimum atomic E-state index is -0.859. The van der Waals surface area contributed by atoms with Crippen LogP contribution in [0.3, 0.4) is 0 Å². The van der Waals surface area contributed by atoms with Gasteiger partial charge in [-0.25, -0.2) is 4.79 Å². The van der Waals surface area contributed by atoms with Crippen LogP contribution in [0.2, 0.25) is 0 Å². The van der Waals surface area contributed by atoms with Gasteiger partial charge in [0.25, 0.3) is 0 Å². The van der Waals surface area contributed by atoms with Crippen LogP contribution in [0.4, 0.5) is 0 Å². The molecule has 0 bridgehead atoms. The molecule has 1 unspecified atom stereocenters. The molecule has 0 aromatic heterocycles. The van der Waals surface area contributed by atoms with E-state index in [9.17, 15) is 14.7 Å². The molecule has 1 saturated heterocycles. The van der Waals surface area contributed by atoms with Crippen LogP contribution in [-0.2, 0) is 9.59 Å². The molecule has 1 aliphatic rings. The minimum Gasteiger partial charge on any atom is -0.480 e. The quantitative estimate of drug-likeness (QED) is 0.821. The fourth-order valence-electron chi connectivity index (χ4n) is 2.72. The molecule has 18 heavy (non-hydrogen) atoms. The summed E-state index contributed by atoms with van der Waals surface area (Å²) in [5, 5.41) is 9.21. The molecule has 4 heteroatoms. The Bertz CT molecular complexity index is 301. The Kier molecular flexibility index (Phi) is 5.63. The number of rotatable bonds is 5. The third kappa shape index (κ3) is 3.47. The third-order valence-corrected chi connectivity index (χ3v) is 3.79. The van der Waals surface area contributed by atoms with E-state index in [0.717, 1.165) is 25.7 Å². The Morgan fingerprint density at radius 3 is 2.50 bits per heavy atom. The van der Waals surface area contributed by atoms with Crippen LogP contribution in [0, 0.1) is 11.8 Å². The van der Waals surface area contributed by atoms with Crippen molar-refractivity contribution in [2.24, 2.45) is 11.8 Å². The Balaban J connectivity index is 2.80. The van der Waals surface area contributed by atoms with E-state index in [1.807, 2.05) is 13.8 Å². The highest BCUT2D eigenvalue weighted by atomic mass is 16.4. The molecule has 2 atom stereocenters. The smallest absolute Gasteiger partial charge is 0.326 e. The van der Waals surface area contributed by atoms with E-state index in [0.29, 0.717) is 13.0 Å². The Hall–Kier alpha value is -1.06. The average Bonchev–Trinajstić information content (AvgIpc) is 2.34. The lowest BCUT2D eigenvalue weighted by Crippen LogP contribution is -2.50. The van der Waals surface area contributed by atoms with Crippen LogP contribution < -0.4 is 0 Å². The molecule has 1 heterocycles. The first kappa shape index (κ1) is 15.0. The number of carboxylic acid groups (broad SMARTS) is 1. The molecular weight excluding hydrogens is 230 g/mol. The van der Waals surface area contributed by atoms with Gasteiger partial charge in [-0.2, -0.15) is 0 Å². The monoisotopic (exact) mass is 255 g/mol. The molecule has 0 spiro atoms. The third-order valence-electron chi connectivity index (χ3n) is 3.79. The number of likely N-dealkylation sites (tertiary alicyclic amines) is 1. The van der Waals surface area contributed by atoms with Crippen LogP contribution in [0.15, 0.2) is 0 Å². The van der Waals surface area contributed by atoms with Gasteiger partial charge in [-0.3, -0.25) is 4.79 Å². The lowest BCUT2D eigenvalue weighted by molar-refractivity contribution is -0.154. The zero-order chi connectivity index (χ0) is 13.7. The highest BCUT2D eigenvalue weighted by molar-refractivity contribution is 5.85. The topological polar surface area (TPSA) is 57.6 Å². The predicted octanol–water partition coefficient (Wildman–Crippen LogP) is 2.52. The lowest BCUT2D eigenvalue weighted by atomic mass is 9.88. The van der Waals surface area contributed by atoms with Crippen molar-refractivity contribution in [3.05, 3.63) is 0 Å². The second kappa shape index (κ2) is 6.76. The van der Waals surface area contributed by atoms with E-state index in [2.05, 4.69) is 6.92 Å². The number of piperidine rings is 1. The molecule has 1 N–H and O–H groups in total. The van der Waals surface area contributed by atoms with Gasteiger partial charge in [0.05, 0.1) is 0 Å². The first-order chi connectivity index (χ1) is 8.49. The van der Waals surface area contributed by atoms with Gasteiger partial charge in [-0.15, -0.1) is 0 Å². The second-order valence-corrected chi connectivity index (χ2v) is 5.52. The van der Waals surface area contributed by atoms with Gasteiger partial charge >= 0.3 is 5.97 Å². The van der Waals surface area contributed by atoms with Crippen LogP contribution >= 0.6 is 0 Å². The minimum absolute atomic E-state index is 0.0325. The van der Waals surface area contributed by atoms with Crippen LogP contribution in [-0.4, -0.2) is 34.5 Å². The molecule has 104 valence electrons. The highest BCUT2D eigenvalue weighted by Crippen LogP contribution is 2.25. The number of hydrogen-bond acceptors (Lipinski definition) is 2. The van der Waals surface area contributed by atoms with Crippen molar-refractivity contribution in [3.63, 3.8) is 0 Å². The summed E-state index contributed by atoms with van der Waals surface area (Å²) in [5.41, 5.74) is 0. The molecule has 1 rings (SSSR count). The first-order valence-electron chi connectivity index (χ1n) is 7.02. The molecule has 1 amide bonds. The first-order valence-corrected chi connectivity index (χ1v) is 7.02. The fourth-order valence-corrected chi connectivity index (χ4v) is 2.72. The average molecular weight is 255 g/mol. The number of nitrogens with zero attached hydrogens (tertiary/aromatic N) is 1. The van der Waals surface area contributed by atoms with E-state index in [1.165, 1.54) is 0 Å². The van der Waals surface area contributed by atoms with Gasteiger partial charge in [0.1, 0.15) is 6.04 Å². The fraction of sp³-hybridized carbons (Fsp3) is 0.857. The number of carbonyl (C=O) groups excluding carboxylic acids is 1. The van der Waals surface area contributed by atoms with Gasteiger partial charge in [-0.05, 0) is 31.6 Å². The highest BCUT2D eigenvalue weighted by Gasteiger charge is 2.35. The molecule has 4 nitrogen and oxygen atoms in total. The molecule has 1 fully saturated rings. The molecule has 1 aliphatic heterocycles. The number of carbonyl (C=O) groups is 2. The number of hydrogen-bond donors (Lipinski definition) is 1. The number of amides is 1. The zero-order valence-corrected chi connectivity index (χ0v) is 11.7. The van der Waals surface area contributed by atoms with Crippen molar-refractivity contribution < 1.29 is 14.7 Å². The maximum Gasteiger partial charge on any atom is 0.326 e. The van der Waals surface area contributed by atoms with Crippen LogP contribution in [0.5, 0.6) is 0 Å². The summed E-state index contributed by atoms with van der Waals surface area (Å²) >= 11 is 0. The van der Waals surface area contributed by atoms with E-state index >= 15 is 0 Å². The Morgan fingerprint density at radius 2 is 2.00 bits per heavy atom. The van der Waals surface area contributed by atoms with Crippen molar-refractivity contribution in [1.29, 1.82) is 0 Å². The summed E-state index contributed by atoms with van der Waals surface area (Å²) < 4.78 is 0. The van der Waals surface area contributed by atoms with Gasteiger partial charge in [-0.1, -0.05) is 27.2 Å². The van der Waals surface area contributed by atoms with Gasteiger partial charge < -0.3 is 10.0 Å². The molecule has 0 saturated carbocycles. The molecule has 0 aliphatic carbocycles. The maximum absolute atomic E-state index is 12.5. The van der Waals surface area contributed by atoms with Crippen molar-refractivity contribution in [2.45, 2.75) is 58.9 Å².